The molecule has 240 valence electrons. The first-order chi connectivity index (χ1) is 21.6. The molecule has 1 aliphatic rings. The minimum atomic E-state index is -4.23. The van der Waals surface area contributed by atoms with Crippen LogP contribution in [0.1, 0.15) is 26.2 Å². The fraction of sp³-hybridized carbons (Fsp3) is 0.344. The molecule has 0 amide bonds. The maximum absolute atomic E-state index is 15.2. The van der Waals surface area contributed by atoms with E-state index in [1.807, 2.05) is 0 Å². The number of rotatable bonds is 12. The maximum atomic E-state index is 15.2. The zero-order valence-corrected chi connectivity index (χ0v) is 27.4. The molecule has 0 saturated carbocycles. The third-order valence-corrected chi connectivity index (χ3v) is 9.36. The number of pyridine rings is 1. The lowest BCUT2D eigenvalue weighted by atomic mass is 10.0. The van der Waals surface area contributed by atoms with Crippen molar-refractivity contribution in [3.8, 4) is 28.7 Å². The van der Waals surface area contributed by atoms with Crippen LogP contribution in [0.3, 0.4) is 0 Å². The maximum Gasteiger partial charge on any atom is 0.265 e. The van der Waals surface area contributed by atoms with E-state index in [1.54, 1.807) is 31.5 Å². The van der Waals surface area contributed by atoms with E-state index in [0.717, 1.165) is 38.0 Å². The van der Waals surface area contributed by atoms with Crippen molar-refractivity contribution < 1.29 is 31.8 Å². The van der Waals surface area contributed by atoms with Gasteiger partial charge in [0.2, 0.25) is 0 Å². The number of aromatic nitrogens is 1. The average molecular weight is 679 g/mol. The number of anilines is 1. The summed E-state index contributed by atoms with van der Waals surface area (Å²) in [6, 6.07) is 11.4. The summed E-state index contributed by atoms with van der Waals surface area (Å²) in [5, 5.41) is 0.694. The molecule has 1 unspecified atom stereocenters. The number of benzene rings is 3. The Labute approximate surface area is 272 Å². The molecule has 0 aliphatic carbocycles. The molecule has 45 heavy (non-hydrogen) atoms. The minimum absolute atomic E-state index is 0.0164. The monoisotopic (exact) mass is 677 g/mol. The standard InChI is InChI=1S/C32H34Cl2FN3O6S/c1-20-6-4-11-38(19-20)12-5-13-43-30-18-26-23(17-29(30)41-2)27(9-10-36-26)44-28-8-7-22(16-25(28)35)37-45(39,40)31-15-21(33)14-24(34)32(31)42-3/h7-10,14-18,20,37H,4-6,11-13,19H2,1-3H3. The van der Waals surface area contributed by atoms with Crippen molar-refractivity contribution in [2.45, 2.75) is 31.1 Å². The Kier molecular flexibility index (Phi) is 10.4. The SMILES string of the molecule is COc1cc2c(Oc3ccc(NS(=O)(=O)c4cc(Cl)cc(Cl)c4OC)cc3F)ccnc2cc1OCCCN1CCCC(C)C1. The van der Waals surface area contributed by atoms with E-state index in [2.05, 4.69) is 21.5 Å². The highest BCUT2D eigenvalue weighted by atomic mass is 35.5. The van der Waals surface area contributed by atoms with Crippen LogP contribution in [0.4, 0.5) is 10.1 Å². The van der Waals surface area contributed by atoms with E-state index in [-0.39, 0.29) is 32.1 Å². The molecule has 3 aromatic carbocycles. The quantitative estimate of drug-likeness (QED) is 0.152. The molecule has 1 aliphatic heterocycles. The molecule has 0 bridgehead atoms. The molecule has 9 nitrogen and oxygen atoms in total. The summed E-state index contributed by atoms with van der Waals surface area (Å²) in [6.45, 7) is 6.05. The van der Waals surface area contributed by atoms with Crippen LogP contribution in [-0.4, -0.2) is 58.8 Å². The molecule has 1 saturated heterocycles. The number of fused-ring (bicyclic) bond motifs is 1. The van der Waals surface area contributed by atoms with Crippen LogP contribution in [0.2, 0.25) is 10.0 Å². The predicted octanol–water partition coefficient (Wildman–Crippen LogP) is 7.79. The summed E-state index contributed by atoms with van der Waals surface area (Å²) in [7, 11) is -1.41. The largest absolute Gasteiger partial charge is 0.494 e. The number of methoxy groups -OCH3 is 2. The molecule has 1 N–H and O–H groups in total. The van der Waals surface area contributed by atoms with E-state index in [0.29, 0.717) is 34.8 Å². The Morgan fingerprint density at radius 1 is 1.02 bits per heavy atom. The van der Waals surface area contributed by atoms with Gasteiger partial charge in [0.15, 0.2) is 28.8 Å². The second-order valence-electron chi connectivity index (χ2n) is 10.9. The van der Waals surface area contributed by atoms with Gasteiger partial charge >= 0.3 is 0 Å². The Morgan fingerprint density at radius 2 is 1.84 bits per heavy atom. The zero-order chi connectivity index (χ0) is 32.1. The van der Waals surface area contributed by atoms with Gasteiger partial charge in [-0.1, -0.05) is 30.1 Å². The lowest BCUT2D eigenvalue weighted by molar-refractivity contribution is 0.169. The zero-order valence-electron chi connectivity index (χ0n) is 25.1. The highest BCUT2D eigenvalue weighted by Crippen LogP contribution is 2.39. The van der Waals surface area contributed by atoms with Crippen molar-refractivity contribution in [2.75, 3.05) is 45.2 Å². The molecule has 4 aromatic rings. The molecule has 1 fully saturated rings. The summed E-state index contributed by atoms with van der Waals surface area (Å²) >= 11 is 12.1. The Balaban J connectivity index is 1.30. The van der Waals surface area contributed by atoms with Crippen molar-refractivity contribution in [3.05, 3.63) is 70.6 Å². The average Bonchev–Trinajstić information content (AvgIpc) is 3.00. The molecule has 13 heteroatoms. The summed E-state index contributed by atoms with van der Waals surface area (Å²) in [5.74, 6) is 1.10. The van der Waals surface area contributed by atoms with E-state index < -0.39 is 15.8 Å². The van der Waals surface area contributed by atoms with Crippen LogP contribution in [0.25, 0.3) is 10.9 Å². The number of sulfonamides is 1. The van der Waals surface area contributed by atoms with Gasteiger partial charge in [0.25, 0.3) is 10.0 Å². The second-order valence-corrected chi connectivity index (χ2v) is 13.3. The Morgan fingerprint density at radius 3 is 2.58 bits per heavy atom. The molecule has 0 radical (unpaired) electrons. The van der Waals surface area contributed by atoms with Crippen LogP contribution in [0.5, 0.6) is 28.7 Å². The fourth-order valence-electron chi connectivity index (χ4n) is 5.36. The van der Waals surface area contributed by atoms with E-state index in [1.165, 1.54) is 44.2 Å². The first-order valence-electron chi connectivity index (χ1n) is 14.4. The van der Waals surface area contributed by atoms with Crippen molar-refractivity contribution in [1.82, 2.24) is 9.88 Å². The molecular formula is C32H34Cl2FN3O6S. The topological polar surface area (TPSA) is 99.2 Å². The Bertz CT molecular complexity index is 1790. The lowest BCUT2D eigenvalue weighted by Crippen LogP contribution is -2.35. The normalized spacial score (nSPS) is 15.6. The molecular weight excluding hydrogens is 644 g/mol. The van der Waals surface area contributed by atoms with E-state index >= 15 is 4.39 Å². The van der Waals surface area contributed by atoms with Gasteiger partial charge in [-0.2, -0.15) is 0 Å². The van der Waals surface area contributed by atoms with Gasteiger partial charge in [-0.15, -0.1) is 0 Å². The van der Waals surface area contributed by atoms with Gasteiger partial charge in [0.1, 0.15) is 10.6 Å². The molecule has 1 aromatic heterocycles. The summed E-state index contributed by atoms with van der Waals surface area (Å²) < 4.78 is 66.5. The first kappa shape index (κ1) is 32.9. The summed E-state index contributed by atoms with van der Waals surface area (Å²) in [4.78, 5) is 6.63. The third kappa shape index (κ3) is 7.84. The lowest BCUT2D eigenvalue weighted by Gasteiger charge is -2.30. The number of piperidine rings is 1. The number of hydrogen-bond donors (Lipinski definition) is 1. The van der Waals surface area contributed by atoms with Gasteiger partial charge in [-0.3, -0.25) is 9.71 Å². The van der Waals surface area contributed by atoms with Gasteiger partial charge in [-0.25, -0.2) is 12.8 Å². The number of likely N-dealkylation sites (tertiary alicyclic amines) is 1. The van der Waals surface area contributed by atoms with Crippen molar-refractivity contribution >= 4 is 49.8 Å². The molecule has 1 atom stereocenters. The predicted molar refractivity (Wildman–Crippen MR) is 174 cm³/mol. The van der Waals surface area contributed by atoms with Crippen molar-refractivity contribution in [1.29, 1.82) is 0 Å². The van der Waals surface area contributed by atoms with Gasteiger partial charge in [-0.05, 0) is 68.1 Å². The highest BCUT2D eigenvalue weighted by Gasteiger charge is 2.24. The van der Waals surface area contributed by atoms with Gasteiger partial charge < -0.3 is 23.8 Å². The fourth-order valence-corrected chi connectivity index (χ4v) is 7.32. The van der Waals surface area contributed by atoms with Gasteiger partial charge in [0.05, 0.1) is 37.1 Å². The van der Waals surface area contributed by atoms with Crippen LogP contribution < -0.4 is 23.7 Å². The number of nitrogens with one attached hydrogen (secondary N) is 1. The summed E-state index contributed by atoms with van der Waals surface area (Å²) in [6.07, 6.45) is 4.96. The second kappa shape index (κ2) is 14.3. The molecule has 0 spiro atoms. The van der Waals surface area contributed by atoms with Gasteiger partial charge in [0, 0.05) is 41.8 Å². The number of nitrogens with zero attached hydrogens (tertiary/aromatic N) is 2. The van der Waals surface area contributed by atoms with Crippen molar-refractivity contribution in [2.24, 2.45) is 5.92 Å². The molecule has 2 heterocycles. The highest BCUT2D eigenvalue weighted by molar-refractivity contribution is 7.92. The van der Waals surface area contributed by atoms with Crippen LogP contribution in [0, 0.1) is 11.7 Å². The van der Waals surface area contributed by atoms with Crippen molar-refractivity contribution in [3.63, 3.8) is 0 Å². The van der Waals surface area contributed by atoms with Crippen LogP contribution in [-0.2, 0) is 10.0 Å². The van der Waals surface area contributed by atoms with E-state index in [9.17, 15) is 8.42 Å². The van der Waals surface area contributed by atoms with Crippen LogP contribution >= 0.6 is 23.2 Å². The van der Waals surface area contributed by atoms with Crippen LogP contribution in [0.15, 0.2) is 59.6 Å². The molecule has 5 rings (SSSR count). The smallest absolute Gasteiger partial charge is 0.265 e. The Hall–Kier alpha value is -3.51. The number of ether oxygens (including phenoxy) is 4. The third-order valence-electron chi connectivity index (χ3n) is 7.48. The van der Waals surface area contributed by atoms with E-state index in [4.69, 9.17) is 42.1 Å². The number of halogens is 3. The summed E-state index contributed by atoms with van der Waals surface area (Å²) in [5.41, 5.74) is 0.530. The minimum Gasteiger partial charge on any atom is -0.494 e. The first-order valence-corrected chi connectivity index (χ1v) is 16.7. The number of hydrogen-bond acceptors (Lipinski definition) is 8.